The molecule has 0 aliphatic carbocycles. The molecule has 0 radical (unpaired) electrons. The first-order chi connectivity index (χ1) is 19.7. The molecule has 5 rings (SSSR count). The predicted octanol–water partition coefficient (Wildman–Crippen LogP) is 7.61. The number of aliphatic hydroxyl groups is 1. The molecular formula is C29H22Cl2FN3O4S2. The van der Waals surface area contributed by atoms with Crippen molar-refractivity contribution >= 4 is 68.9 Å². The standard InChI is InChI=1S/C29H22Cl2FN3O4S2/c1-3-39-20-10-7-16(8-11-20)24-23(25(36)17-5-4-15(2)22(32)12-17)26(37)27(38)35(24)28-33-34-29(41-28)40-14-18-6-9-19(30)13-21(18)31/h4-13,24,36H,3,14H2,1-2H3/t24-/m0/s1. The quantitative estimate of drug-likeness (QED) is 0.0705. The van der Waals surface area contributed by atoms with Gasteiger partial charge >= 0.3 is 5.91 Å². The molecule has 1 aromatic heterocycles. The van der Waals surface area contributed by atoms with Gasteiger partial charge < -0.3 is 9.84 Å². The molecule has 1 aliphatic heterocycles. The van der Waals surface area contributed by atoms with Crippen LogP contribution in [0.4, 0.5) is 9.52 Å². The lowest BCUT2D eigenvalue weighted by molar-refractivity contribution is -0.132. The van der Waals surface area contributed by atoms with E-state index in [-0.39, 0.29) is 16.3 Å². The Hall–Kier alpha value is -3.44. The minimum atomic E-state index is -1.04. The molecule has 0 saturated carbocycles. The zero-order chi connectivity index (χ0) is 29.3. The van der Waals surface area contributed by atoms with Crippen molar-refractivity contribution in [1.82, 2.24) is 10.2 Å². The second-order valence-electron chi connectivity index (χ2n) is 9.01. The van der Waals surface area contributed by atoms with E-state index in [0.29, 0.717) is 43.6 Å². The molecule has 0 unspecified atom stereocenters. The fourth-order valence-corrected chi connectivity index (χ4v) is 6.72. The minimum absolute atomic E-state index is 0.0791. The highest BCUT2D eigenvalue weighted by Gasteiger charge is 2.48. The third-order valence-corrected chi connectivity index (χ3v) is 9.06. The Morgan fingerprint density at radius 2 is 1.85 bits per heavy atom. The number of benzene rings is 3. The summed E-state index contributed by atoms with van der Waals surface area (Å²) in [4.78, 5) is 28.0. The smallest absolute Gasteiger partial charge is 0.301 e. The molecule has 12 heteroatoms. The summed E-state index contributed by atoms with van der Waals surface area (Å²) >= 11 is 14.8. The van der Waals surface area contributed by atoms with Gasteiger partial charge in [-0.3, -0.25) is 14.5 Å². The highest BCUT2D eigenvalue weighted by atomic mass is 35.5. The third kappa shape index (κ3) is 5.97. The molecule has 2 heterocycles. The van der Waals surface area contributed by atoms with Gasteiger partial charge in [0.25, 0.3) is 5.78 Å². The summed E-state index contributed by atoms with van der Waals surface area (Å²) < 4.78 is 20.5. The first-order valence-electron chi connectivity index (χ1n) is 12.4. The number of halogens is 3. The average Bonchev–Trinajstić information content (AvgIpc) is 3.52. The normalized spacial score (nSPS) is 16.4. The number of aryl methyl sites for hydroxylation is 1. The third-order valence-electron chi connectivity index (χ3n) is 6.36. The highest BCUT2D eigenvalue weighted by Crippen LogP contribution is 2.44. The lowest BCUT2D eigenvalue weighted by Crippen LogP contribution is -2.29. The van der Waals surface area contributed by atoms with Crippen LogP contribution in [0.2, 0.25) is 10.0 Å². The van der Waals surface area contributed by atoms with Crippen molar-refractivity contribution < 1.29 is 23.8 Å². The maximum absolute atomic E-state index is 14.4. The molecule has 0 spiro atoms. The van der Waals surface area contributed by atoms with Crippen molar-refractivity contribution in [3.8, 4) is 5.75 Å². The minimum Gasteiger partial charge on any atom is -0.507 e. The zero-order valence-electron chi connectivity index (χ0n) is 21.7. The summed E-state index contributed by atoms with van der Waals surface area (Å²) in [6.07, 6.45) is 0. The fraction of sp³-hybridized carbons (Fsp3) is 0.172. The summed E-state index contributed by atoms with van der Waals surface area (Å²) in [5.74, 6) is -1.76. The maximum Gasteiger partial charge on any atom is 0.301 e. The lowest BCUT2D eigenvalue weighted by Gasteiger charge is -2.22. The largest absolute Gasteiger partial charge is 0.507 e. The van der Waals surface area contributed by atoms with Crippen LogP contribution in [0.1, 0.15) is 35.2 Å². The highest BCUT2D eigenvalue weighted by molar-refractivity contribution is 8.00. The van der Waals surface area contributed by atoms with E-state index in [1.165, 1.54) is 28.8 Å². The van der Waals surface area contributed by atoms with Crippen LogP contribution in [0.15, 0.2) is 70.6 Å². The van der Waals surface area contributed by atoms with Gasteiger partial charge in [-0.1, -0.05) is 76.6 Å². The first kappa shape index (κ1) is 29.1. The Morgan fingerprint density at radius 1 is 1.10 bits per heavy atom. The molecule has 3 aromatic carbocycles. The molecule has 1 atom stereocenters. The average molecular weight is 631 g/mol. The summed E-state index contributed by atoms with van der Waals surface area (Å²) in [6.45, 7) is 3.91. The van der Waals surface area contributed by atoms with Gasteiger partial charge in [-0.05, 0) is 60.9 Å². The molecule has 41 heavy (non-hydrogen) atoms. The molecule has 210 valence electrons. The van der Waals surface area contributed by atoms with E-state index in [1.54, 1.807) is 43.3 Å². The number of thioether (sulfide) groups is 1. The van der Waals surface area contributed by atoms with Crippen LogP contribution < -0.4 is 9.64 Å². The number of aliphatic hydroxyl groups excluding tert-OH is 1. The lowest BCUT2D eigenvalue weighted by atomic mass is 9.95. The van der Waals surface area contributed by atoms with Crippen LogP contribution in [-0.2, 0) is 15.3 Å². The Labute approximate surface area is 253 Å². The number of amides is 1. The van der Waals surface area contributed by atoms with E-state index < -0.39 is 29.3 Å². The number of anilines is 1. The molecule has 1 saturated heterocycles. The summed E-state index contributed by atoms with van der Waals surface area (Å²) in [5.41, 5.74) is 1.65. The summed E-state index contributed by atoms with van der Waals surface area (Å²) in [6, 6.07) is 15.1. The van der Waals surface area contributed by atoms with Crippen molar-refractivity contribution in [3.05, 3.63) is 104 Å². The van der Waals surface area contributed by atoms with Gasteiger partial charge in [0.15, 0.2) is 4.34 Å². The van der Waals surface area contributed by atoms with Crippen LogP contribution in [-0.4, -0.2) is 33.6 Å². The van der Waals surface area contributed by atoms with Crippen molar-refractivity contribution in [2.24, 2.45) is 0 Å². The Balaban J connectivity index is 1.54. The van der Waals surface area contributed by atoms with Crippen molar-refractivity contribution in [2.45, 2.75) is 30.0 Å². The number of ether oxygens (including phenoxy) is 1. The van der Waals surface area contributed by atoms with Crippen LogP contribution in [0.3, 0.4) is 0 Å². The molecule has 1 N–H and O–H groups in total. The molecule has 4 aromatic rings. The summed E-state index contributed by atoms with van der Waals surface area (Å²) in [5, 5.41) is 20.9. The van der Waals surface area contributed by atoms with E-state index in [9.17, 15) is 19.1 Å². The number of carbonyl (C=O) groups excluding carboxylic acids is 2. The van der Waals surface area contributed by atoms with Gasteiger partial charge in [-0.2, -0.15) is 0 Å². The van der Waals surface area contributed by atoms with E-state index in [2.05, 4.69) is 10.2 Å². The monoisotopic (exact) mass is 629 g/mol. The molecule has 1 aliphatic rings. The van der Waals surface area contributed by atoms with Gasteiger partial charge in [-0.25, -0.2) is 4.39 Å². The maximum atomic E-state index is 14.4. The van der Waals surface area contributed by atoms with Gasteiger partial charge in [0, 0.05) is 21.4 Å². The first-order valence-corrected chi connectivity index (χ1v) is 14.9. The number of carbonyl (C=O) groups is 2. The molecule has 1 fully saturated rings. The molecular weight excluding hydrogens is 608 g/mol. The molecule has 7 nitrogen and oxygen atoms in total. The molecule has 1 amide bonds. The van der Waals surface area contributed by atoms with Gasteiger partial charge in [0.1, 0.15) is 17.3 Å². The second kappa shape index (κ2) is 12.2. The van der Waals surface area contributed by atoms with Crippen LogP contribution in [0, 0.1) is 12.7 Å². The van der Waals surface area contributed by atoms with Crippen molar-refractivity contribution in [2.75, 3.05) is 11.5 Å². The predicted molar refractivity (Wildman–Crippen MR) is 159 cm³/mol. The number of hydrogen-bond donors (Lipinski definition) is 1. The van der Waals surface area contributed by atoms with Gasteiger partial charge in [-0.15, -0.1) is 10.2 Å². The van der Waals surface area contributed by atoms with E-state index in [0.717, 1.165) is 23.0 Å². The van der Waals surface area contributed by atoms with E-state index >= 15 is 0 Å². The van der Waals surface area contributed by atoms with Crippen molar-refractivity contribution in [1.29, 1.82) is 0 Å². The SMILES string of the molecule is CCOc1ccc([C@H]2C(=C(O)c3ccc(C)c(F)c3)C(=O)C(=O)N2c2nnc(SCc3ccc(Cl)cc3Cl)s2)cc1. The fourth-order valence-electron chi connectivity index (χ4n) is 4.29. The van der Waals surface area contributed by atoms with Crippen LogP contribution in [0.25, 0.3) is 5.76 Å². The molecule has 0 bridgehead atoms. The zero-order valence-corrected chi connectivity index (χ0v) is 24.9. The van der Waals surface area contributed by atoms with Crippen molar-refractivity contribution in [3.63, 3.8) is 0 Å². The number of Topliss-reactive ketones (excluding diaryl/α,β-unsaturated/α-hetero) is 1. The Bertz CT molecular complexity index is 1680. The topological polar surface area (TPSA) is 92.6 Å². The number of nitrogens with zero attached hydrogens (tertiary/aromatic N) is 3. The van der Waals surface area contributed by atoms with E-state index in [4.69, 9.17) is 27.9 Å². The Kier molecular flexibility index (Phi) is 8.65. The number of hydrogen-bond acceptors (Lipinski definition) is 8. The number of ketones is 1. The number of aromatic nitrogens is 2. The summed E-state index contributed by atoms with van der Waals surface area (Å²) in [7, 11) is 0. The van der Waals surface area contributed by atoms with E-state index in [1.807, 2.05) is 13.0 Å². The van der Waals surface area contributed by atoms with Gasteiger partial charge in [0.2, 0.25) is 5.13 Å². The Morgan fingerprint density at radius 3 is 2.54 bits per heavy atom. The van der Waals surface area contributed by atoms with Gasteiger partial charge in [0.05, 0.1) is 18.2 Å². The second-order valence-corrected chi connectivity index (χ2v) is 12.0. The number of rotatable bonds is 8. The van der Waals surface area contributed by atoms with Crippen LogP contribution in [0.5, 0.6) is 5.75 Å². The van der Waals surface area contributed by atoms with Crippen LogP contribution >= 0.6 is 46.3 Å².